The third-order valence-electron chi connectivity index (χ3n) is 4.76. The van der Waals surface area contributed by atoms with Crippen LogP contribution in [0.3, 0.4) is 0 Å². The second-order valence-corrected chi connectivity index (χ2v) is 6.93. The molecule has 1 aliphatic heterocycles. The van der Waals surface area contributed by atoms with Crippen molar-refractivity contribution in [1.29, 1.82) is 0 Å². The predicted octanol–water partition coefficient (Wildman–Crippen LogP) is 2.77. The molecule has 0 aromatic carbocycles. The van der Waals surface area contributed by atoms with Crippen molar-refractivity contribution in [3.05, 3.63) is 46.6 Å². The van der Waals surface area contributed by atoms with Gasteiger partial charge in [-0.25, -0.2) is 4.98 Å². The number of fused-ring (bicyclic) bond motifs is 1. The minimum Gasteiger partial charge on any atom is -0.488 e. The highest BCUT2D eigenvalue weighted by atomic mass is 35.5. The molecule has 0 saturated carbocycles. The zero-order valence-electron chi connectivity index (χ0n) is 14.7. The van der Waals surface area contributed by atoms with Crippen LogP contribution in [-0.4, -0.2) is 54.0 Å². The summed E-state index contributed by atoms with van der Waals surface area (Å²) in [6, 6.07) is 3.46. The molecule has 7 nitrogen and oxygen atoms in total. The lowest BCUT2D eigenvalue weighted by Gasteiger charge is -2.32. The smallest absolute Gasteiger partial charge is 0.258 e. The molecule has 1 aliphatic carbocycles. The number of aryl methyl sites for hydroxylation is 1. The van der Waals surface area contributed by atoms with Crippen molar-refractivity contribution in [2.45, 2.75) is 25.4 Å². The quantitative estimate of drug-likeness (QED) is 0.746. The number of aromatic nitrogens is 1. The minimum atomic E-state index is -0.294. The van der Waals surface area contributed by atoms with Crippen LogP contribution in [0.5, 0.6) is 5.75 Å². The molecule has 1 saturated heterocycles. The van der Waals surface area contributed by atoms with Gasteiger partial charge in [-0.15, -0.1) is 0 Å². The van der Waals surface area contributed by atoms with E-state index < -0.39 is 0 Å². The van der Waals surface area contributed by atoms with Gasteiger partial charge in [0.25, 0.3) is 5.91 Å². The van der Waals surface area contributed by atoms with Crippen LogP contribution in [0.15, 0.2) is 29.0 Å². The number of rotatable bonds is 4. The van der Waals surface area contributed by atoms with E-state index in [1.165, 1.54) is 6.26 Å². The van der Waals surface area contributed by atoms with Crippen molar-refractivity contribution >= 4 is 23.3 Å². The molecular formula is C19H19ClN2O5. The number of carbonyl (C=O) groups is 2. The van der Waals surface area contributed by atoms with Crippen LogP contribution in [-0.2, 0) is 11.2 Å². The van der Waals surface area contributed by atoms with Gasteiger partial charge in [-0.2, -0.15) is 0 Å². The normalized spacial score (nSPS) is 19.7. The Morgan fingerprint density at radius 1 is 1.41 bits per heavy atom. The summed E-state index contributed by atoms with van der Waals surface area (Å²) in [7, 11) is 0. The topological polar surface area (TPSA) is 81.9 Å². The SMILES string of the molecule is O=C1CCCc2occ(C(=O)N3CCOC(COc4cccnc4Cl)C3)c21. The first-order chi connectivity index (χ1) is 13.1. The zero-order valence-corrected chi connectivity index (χ0v) is 15.4. The van der Waals surface area contributed by atoms with E-state index in [0.717, 1.165) is 6.42 Å². The Kier molecular flexibility index (Phi) is 5.13. The fourth-order valence-electron chi connectivity index (χ4n) is 3.42. The Bertz CT molecular complexity index is 866. The van der Waals surface area contributed by atoms with Crippen molar-refractivity contribution in [3.8, 4) is 5.75 Å². The summed E-state index contributed by atoms with van der Waals surface area (Å²) in [4.78, 5) is 30.8. The number of amides is 1. The Labute approximate surface area is 161 Å². The van der Waals surface area contributed by atoms with Crippen molar-refractivity contribution < 1.29 is 23.5 Å². The molecule has 4 rings (SSSR count). The van der Waals surface area contributed by atoms with E-state index in [0.29, 0.717) is 55.2 Å². The number of hydrogen-bond donors (Lipinski definition) is 0. The van der Waals surface area contributed by atoms with Crippen molar-refractivity contribution in [3.63, 3.8) is 0 Å². The lowest BCUT2D eigenvalue weighted by Crippen LogP contribution is -2.47. The fraction of sp³-hybridized carbons (Fsp3) is 0.421. The standard InChI is InChI=1S/C19H19ClN2O5/c20-18-16(5-2-6-21-18)26-10-12-9-22(7-8-25-12)19(24)13-11-27-15-4-1-3-14(23)17(13)15/h2,5-6,11-12H,1,3-4,7-10H2. The van der Waals surface area contributed by atoms with Gasteiger partial charge in [0.15, 0.2) is 16.7 Å². The highest BCUT2D eigenvalue weighted by Crippen LogP contribution is 2.28. The number of ketones is 1. The van der Waals surface area contributed by atoms with E-state index in [4.69, 9.17) is 25.5 Å². The second kappa shape index (κ2) is 7.70. The molecule has 0 radical (unpaired) electrons. The van der Waals surface area contributed by atoms with Crippen LogP contribution < -0.4 is 4.74 Å². The maximum Gasteiger partial charge on any atom is 0.258 e. The van der Waals surface area contributed by atoms with Crippen LogP contribution in [0.1, 0.15) is 39.3 Å². The summed E-state index contributed by atoms with van der Waals surface area (Å²) in [5.41, 5.74) is 0.805. The lowest BCUT2D eigenvalue weighted by molar-refractivity contribution is -0.0401. The molecule has 0 bridgehead atoms. The average molecular weight is 391 g/mol. The van der Waals surface area contributed by atoms with Crippen LogP contribution in [0.25, 0.3) is 0 Å². The van der Waals surface area contributed by atoms with Gasteiger partial charge < -0.3 is 18.8 Å². The van der Waals surface area contributed by atoms with Crippen molar-refractivity contribution in [1.82, 2.24) is 9.88 Å². The monoisotopic (exact) mass is 390 g/mol. The van der Waals surface area contributed by atoms with Gasteiger partial charge in [0.05, 0.1) is 24.3 Å². The molecular weight excluding hydrogens is 372 g/mol. The Balaban J connectivity index is 1.42. The number of halogens is 1. The van der Waals surface area contributed by atoms with E-state index in [2.05, 4.69) is 4.98 Å². The Hall–Kier alpha value is -2.38. The molecule has 1 unspecified atom stereocenters. The molecule has 0 N–H and O–H groups in total. The summed E-state index contributed by atoms with van der Waals surface area (Å²) in [5, 5.41) is 0.282. The van der Waals surface area contributed by atoms with Gasteiger partial charge >= 0.3 is 0 Å². The van der Waals surface area contributed by atoms with E-state index >= 15 is 0 Å². The largest absolute Gasteiger partial charge is 0.488 e. The number of ether oxygens (including phenoxy) is 2. The number of carbonyl (C=O) groups excluding carboxylic acids is 2. The maximum atomic E-state index is 12.9. The molecule has 3 heterocycles. The van der Waals surface area contributed by atoms with Gasteiger partial charge in [-0.05, 0) is 18.6 Å². The van der Waals surface area contributed by atoms with E-state index in [9.17, 15) is 9.59 Å². The summed E-state index contributed by atoms with van der Waals surface area (Å²) in [6.07, 6.45) is 4.61. The first kappa shape index (κ1) is 18.0. The van der Waals surface area contributed by atoms with Crippen LogP contribution >= 0.6 is 11.6 Å². The minimum absolute atomic E-state index is 0.0206. The Morgan fingerprint density at radius 3 is 3.15 bits per heavy atom. The van der Waals surface area contributed by atoms with Gasteiger partial charge in [0, 0.05) is 25.6 Å². The molecule has 2 aliphatic rings. The van der Waals surface area contributed by atoms with Crippen molar-refractivity contribution in [2.75, 3.05) is 26.3 Å². The summed E-state index contributed by atoms with van der Waals surface area (Å²) in [5.74, 6) is 0.866. The van der Waals surface area contributed by atoms with Crippen molar-refractivity contribution in [2.24, 2.45) is 0 Å². The Morgan fingerprint density at radius 2 is 2.30 bits per heavy atom. The molecule has 27 heavy (non-hydrogen) atoms. The molecule has 142 valence electrons. The number of Topliss-reactive ketones (excluding diaryl/α,β-unsaturated/α-hetero) is 1. The average Bonchev–Trinajstić information content (AvgIpc) is 3.12. The molecule has 2 aromatic heterocycles. The number of nitrogens with zero attached hydrogens (tertiary/aromatic N) is 2. The zero-order chi connectivity index (χ0) is 18.8. The highest BCUT2D eigenvalue weighted by Gasteiger charge is 2.32. The van der Waals surface area contributed by atoms with Crippen LogP contribution in [0.4, 0.5) is 0 Å². The predicted molar refractivity (Wildman–Crippen MR) is 96.4 cm³/mol. The molecule has 1 fully saturated rings. The number of pyridine rings is 1. The second-order valence-electron chi connectivity index (χ2n) is 6.57. The molecule has 1 amide bonds. The van der Waals surface area contributed by atoms with E-state index in [-0.39, 0.29) is 29.6 Å². The third kappa shape index (κ3) is 3.70. The highest BCUT2D eigenvalue weighted by molar-refractivity contribution is 6.30. The third-order valence-corrected chi connectivity index (χ3v) is 5.04. The molecule has 2 aromatic rings. The molecule has 1 atom stereocenters. The summed E-state index contributed by atoms with van der Waals surface area (Å²) in [6.45, 7) is 1.47. The van der Waals surface area contributed by atoms with Gasteiger partial charge in [0.1, 0.15) is 24.7 Å². The lowest BCUT2D eigenvalue weighted by atomic mass is 9.93. The summed E-state index contributed by atoms with van der Waals surface area (Å²) < 4.78 is 16.8. The van der Waals surface area contributed by atoms with Crippen LogP contribution in [0.2, 0.25) is 5.15 Å². The number of furan rings is 1. The molecule has 8 heteroatoms. The first-order valence-electron chi connectivity index (χ1n) is 8.91. The van der Waals surface area contributed by atoms with Gasteiger partial charge in [-0.1, -0.05) is 11.6 Å². The van der Waals surface area contributed by atoms with Crippen LogP contribution in [0, 0.1) is 0 Å². The van der Waals surface area contributed by atoms with E-state index in [1.807, 2.05) is 0 Å². The number of hydrogen-bond acceptors (Lipinski definition) is 6. The first-order valence-corrected chi connectivity index (χ1v) is 9.29. The van der Waals surface area contributed by atoms with E-state index in [1.54, 1.807) is 23.2 Å². The maximum absolute atomic E-state index is 12.9. The number of morpholine rings is 1. The van der Waals surface area contributed by atoms with Gasteiger partial charge in [0.2, 0.25) is 0 Å². The van der Waals surface area contributed by atoms with Gasteiger partial charge in [-0.3, -0.25) is 9.59 Å². The summed E-state index contributed by atoms with van der Waals surface area (Å²) >= 11 is 5.99. The molecule has 0 spiro atoms. The fourth-order valence-corrected chi connectivity index (χ4v) is 3.59.